The van der Waals surface area contributed by atoms with E-state index in [1.807, 2.05) is 18.9 Å². The van der Waals surface area contributed by atoms with Crippen LogP contribution >= 0.6 is 0 Å². The van der Waals surface area contributed by atoms with E-state index in [4.69, 9.17) is 4.74 Å². The van der Waals surface area contributed by atoms with E-state index in [1.165, 1.54) is 19.3 Å². The van der Waals surface area contributed by atoms with Crippen LogP contribution < -0.4 is 0 Å². The zero-order valence-electron chi connectivity index (χ0n) is 18.5. The van der Waals surface area contributed by atoms with Crippen LogP contribution in [0.5, 0.6) is 0 Å². The van der Waals surface area contributed by atoms with Gasteiger partial charge in [0.15, 0.2) is 0 Å². The molecule has 0 aromatic rings. The number of fused-ring (bicyclic) bond motifs is 3. The SMILES string of the molecule is CCCC(=O)OC[C@@]1(C)CCC2C(CCC3N(C)C(=O)C=C[C@]23C)C1CCC. The number of likely N-dealkylation sites (N-methyl/N-ethyl adjacent to an activating group) is 1. The fraction of sp³-hybridized carbons (Fsp3) is 0.833. The molecule has 2 fully saturated rings. The Kier molecular flexibility index (Phi) is 6.26. The van der Waals surface area contributed by atoms with E-state index in [-0.39, 0.29) is 22.7 Å². The van der Waals surface area contributed by atoms with Crippen LogP contribution in [-0.4, -0.2) is 36.5 Å². The van der Waals surface area contributed by atoms with Gasteiger partial charge in [-0.15, -0.1) is 0 Å². The van der Waals surface area contributed by atoms with Gasteiger partial charge in [-0.3, -0.25) is 9.59 Å². The molecular weight excluding hydrogens is 350 g/mol. The van der Waals surface area contributed by atoms with E-state index in [0.29, 0.717) is 36.8 Å². The lowest BCUT2D eigenvalue weighted by molar-refractivity contribution is -0.156. The van der Waals surface area contributed by atoms with Crippen molar-refractivity contribution in [3.63, 3.8) is 0 Å². The van der Waals surface area contributed by atoms with Gasteiger partial charge in [-0.1, -0.05) is 40.2 Å². The zero-order chi connectivity index (χ0) is 20.5. The summed E-state index contributed by atoms with van der Waals surface area (Å²) in [6, 6.07) is 0.320. The van der Waals surface area contributed by atoms with Crippen LogP contribution in [0.25, 0.3) is 0 Å². The summed E-state index contributed by atoms with van der Waals surface area (Å²) in [5.41, 5.74) is 0.141. The Labute approximate surface area is 171 Å². The molecule has 1 heterocycles. The standard InChI is InChI=1S/C24H39NO3/c1-6-8-18-17-10-11-20-24(4,15-13-21(26)25(20)5)19(17)12-14-23(18,3)16-28-22(27)9-7-2/h13,15,17-20H,6-12,14,16H2,1-5H3/t17?,18?,19?,20?,23-,24-/m1/s1. The van der Waals surface area contributed by atoms with Crippen molar-refractivity contribution in [1.29, 1.82) is 0 Å². The Balaban J connectivity index is 1.83. The topological polar surface area (TPSA) is 46.6 Å². The quantitative estimate of drug-likeness (QED) is 0.602. The summed E-state index contributed by atoms with van der Waals surface area (Å²) in [5.74, 6) is 1.94. The van der Waals surface area contributed by atoms with Crippen LogP contribution in [0.1, 0.15) is 79.1 Å². The van der Waals surface area contributed by atoms with Crippen LogP contribution in [0.2, 0.25) is 0 Å². The minimum atomic E-state index is -0.0490. The van der Waals surface area contributed by atoms with E-state index in [0.717, 1.165) is 25.7 Å². The molecule has 28 heavy (non-hydrogen) atoms. The van der Waals surface area contributed by atoms with Crippen molar-refractivity contribution in [3.8, 4) is 0 Å². The Morgan fingerprint density at radius 1 is 1.21 bits per heavy atom. The maximum absolute atomic E-state index is 12.2. The monoisotopic (exact) mass is 389 g/mol. The largest absolute Gasteiger partial charge is 0.465 e. The normalized spacial score (nSPS) is 40.0. The summed E-state index contributed by atoms with van der Waals surface area (Å²) in [7, 11) is 1.97. The Morgan fingerprint density at radius 2 is 1.96 bits per heavy atom. The van der Waals surface area contributed by atoms with Crippen molar-refractivity contribution in [3.05, 3.63) is 12.2 Å². The number of nitrogens with zero attached hydrogens (tertiary/aromatic N) is 1. The third-order valence-corrected chi connectivity index (χ3v) is 8.26. The van der Waals surface area contributed by atoms with E-state index < -0.39 is 0 Å². The lowest BCUT2D eigenvalue weighted by Gasteiger charge is -2.60. The number of hydrogen-bond acceptors (Lipinski definition) is 3. The van der Waals surface area contributed by atoms with Crippen LogP contribution in [0.4, 0.5) is 0 Å². The highest BCUT2D eigenvalue weighted by atomic mass is 16.5. The minimum absolute atomic E-state index is 0.0490. The molecule has 158 valence electrons. The molecule has 0 aromatic carbocycles. The zero-order valence-corrected chi connectivity index (χ0v) is 18.5. The molecule has 0 spiro atoms. The molecule has 0 bridgehead atoms. The first-order valence-electron chi connectivity index (χ1n) is 11.4. The Bertz CT molecular complexity index is 629. The van der Waals surface area contributed by atoms with Crippen molar-refractivity contribution < 1.29 is 14.3 Å². The van der Waals surface area contributed by atoms with Crippen molar-refractivity contribution >= 4 is 11.9 Å². The molecule has 2 saturated carbocycles. The molecule has 1 aliphatic heterocycles. The molecule has 0 N–H and O–H groups in total. The van der Waals surface area contributed by atoms with Gasteiger partial charge < -0.3 is 9.64 Å². The van der Waals surface area contributed by atoms with Gasteiger partial charge in [0, 0.05) is 30.3 Å². The van der Waals surface area contributed by atoms with Crippen molar-refractivity contribution in [2.75, 3.05) is 13.7 Å². The third-order valence-electron chi connectivity index (χ3n) is 8.26. The molecule has 3 rings (SSSR count). The predicted molar refractivity (Wildman–Crippen MR) is 112 cm³/mol. The van der Waals surface area contributed by atoms with Gasteiger partial charge in [0.2, 0.25) is 5.91 Å². The molecule has 4 unspecified atom stereocenters. The number of amides is 1. The maximum Gasteiger partial charge on any atom is 0.305 e. The lowest BCUT2D eigenvalue weighted by atomic mass is 9.47. The summed E-state index contributed by atoms with van der Waals surface area (Å²) in [4.78, 5) is 26.2. The van der Waals surface area contributed by atoms with Gasteiger partial charge in [0.25, 0.3) is 0 Å². The summed E-state index contributed by atoms with van der Waals surface area (Å²) in [5, 5.41) is 0. The molecule has 4 nitrogen and oxygen atoms in total. The van der Waals surface area contributed by atoms with E-state index in [9.17, 15) is 9.59 Å². The van der Waals surface area contributed by atoms with Crippen LogP contribution in [0.3, 0.4) is 0 Å². The second kappa shape index (κ2) is 8.20. The van der Waals surface area contributed by atoms with E-state index in [2.05, 4.69) is 26.8 Å². The number of esters is 1. The second-order valence-electron chi connectivity index (χ2n) is 10.0. The molecule has 0 radical (unpaired) electrons. The van der Waals surface area contributed by atoms with E-state index >= 15 is 0 Å². The lowest BCUT2D eigenvalue weighted by Crippen LogP contribution is -2.60. The number of carbonyl (C=O) groups excluding carboxylic acids is 2. The summed E-state index contributed by atoms with van der Waals surface area (Å²) in [6.07, 6.45) is 12.3. The Hall–Kier alpha value is -1.32. The maximum atomic E-state index is 12.2. The summed E-state index contributed by atoms with van der Waals surface area (Å²) < 4.78 is 5.74. The van der Waals surface area contributed by atoms with Gasteiger partial charge in [0.1, 0.15) is 0 Å². The summed E-state index contributed by atoms with van der Waals surface area (Å²) >= 11 is 0. The highest BCUT2D eigenvalue weighted by Crippen LogP contribution is 2.60. The molecule has 0 saturated heterocycles. The molecule has 2 aliphatic carbocycles. The molecule has 3 aliphatic rings. The molecule has 6 atom stereocenters. The molecule has 0 aromatic heterocycles. The predicted octanol–water partition coefficient (Wildman–Crippen LogP) is 4.98. The molecular formula is C24H39NO3. The summed E-state index contributed by atoms with van der Waals surface area (Å²) in [6.45, 7) is 9.58. The number of hydrogen-bond donors (Lipinski definition) is 0. The van der Waals surface area contributed by atoms with Crippen LogP contribution in [0, 0.1) is 28.6 Å². The number of carbonyl (C=O) groups is 2. The van der Waals surface area contributed by atoms with Crippen molar-refractivity contribution in [2.45, 2.75) is 85.1 Å². The van der Waals surface area contributed by atoms with Crippen LogP contribution in [-0.2, 0) is 14.3 Å². The first kappa shape index (κ1) is 21.4. The smallest absolute Gasteiger partial charge is 0.305 e. The van der Waals surface area contributed by atoms with Gasteiger partial charge in [-0.25, -0.2) is 0 Å². The number of ether oxygens (including phenoxy) is 1. The fourth-order valence-corrected chi connectivity index (χ4v) is 6.71. The van der Waals surface area contributed by atoms with Crippen LogP contribution in [0.15, 0.2) is 12.2 Å². The van der Waals surface area contributed by atoms with Crippen molar-refractivity contribution in [1.82, 2.24) is 4.90 Å². The van der Waals surface area contributed by atoms with Crippen molar-refractivity contribution in [2.24, 2.45) is 28.6 Å². The van der Waals surface area contributed by atoms with Gasteiger partial charge >= 0.3 is 5.97 Å². The third kappa shape index (κ3) is 3.64. The Morgan fingerprint density at radius 3 is 2.64 bits per heavy atom. The first-order valence-corrected chi connectivity index (χ1v) is 11.4. The minimum Gasteiger partial charge on any atom is -0.465 e. The molecule has 4 heteroatoms. The highest BCUT2D eigenvalue weighted by molar-refractivity contribution is 5.89. The average Bonchev–Trinajstić information content (AvgIpc) is 2.66. The average molecular weight is 390 g/mol. The van der Waals surface area contributed by atoms with Gasteiger partial charge in [-0.2, -0.15) is 0 Å². The number of rotatable bonds is 6. The van der Waals surface area contributed by atoms with E-state index in [1.54, 1.807) is 6.08 Å². The van der Waals surface area contributed by atoms with Gasteiger partial charge in [-0.05, 0) is 62.4 Å². The fourth-order valence-electron chi connectivity index (χ4n) is 6.71. The first-order chi connectivity index (χ1) is 13.3. The van der Waals surface area contributed by atoms with Gasteiger partial charge in [0.05, 0.1) is 6.61 Å². The molecule has 1 amide bonds. The highest BCUT2D eigenvalue weighted by Gasteiger charge is 2.57. The second-order valence-corrected chi connectivity index (χ2v) is 10.0.